The van der Waals surface area contributed by atoms with Crippen LogP contribution in [-0.4, -0.2) is 70.1 Å². The van der Waals surface area contributed by atoms with Crippen LogP contribution in [0.2, 0.25) is 0 Å². The van der Waals surface area contributed by atoms with Crippen molar-refractivity contribution in [2.24, 2.45) is 0 Å². The lowest BCUT2D eigenvalue weighted by molar-refractivity contribution is -0.164. The van der Waals surface area contributed by atoms with Gasteiger partial charge < -0.3 is 29.9 Å². The molecular weight excluding hydrogens is 304 g/mol. The molecule has 0 aromatic heterocycles. The van der Waals surface area contributed by atoms with E-state index in [1.807, 2.05) is 0 Å². The summed E-state index contributed by atoms with van der Waals surface area (Å²) in [5.41, 5.74) is 0. The van der Waals surface area contributed by atoms with E-state index < -0.39 is 42.6 Å². The number of esters is 1. The molecule has 1 rings (SSSR count). The molecule has 0 bridgehead atoms. The highest BCUT2D eigenvalue weighted by atomic mass is 16.6. The van der Waals surface area contributed by atoms with Gasteiger partial charge in [0, 0.05) is 0 Å². The van der Waals surface area contributed by atoms with Crippen molar-refractivity contribution in [3.63, 3.8) is 0 Å². The number of hydrogen-bond donors (Lipinski definition) is 4. The number of aliphatic hydroxyl groups excluding tert-OH is 4. The minimum Gasteiger partial charge on any atom is -0.467 e. The van der Waals surface area contributed by atoms with Gasteiger partial charge >= 0.3 is 5.97 Å². The molecule has 136 valence electrons. The fourth-order valence-corrected chi connectivity index (χ4v) is 2.86. The molecule has 0 saturated carbocycles. The summed E-state index contributed by atoms with van der Waals surface area (Å²) in [4.78, 5) is 11.3. The fourth-order valence-electron chi connectivity index (χ4n) is 2.86. The Labute approximate surface area is 137 Å². The van der Waals surface area contributed by atoms with E-state index in [0.717, 1.165) is 26.4 Å². The molecule has 0 aromatic rings. The molecule has 1 aliphatic heterocycles. The van der Waals surface area contributed by atoms with Crippen LogP contribution in [0.5, 0.6) is 0 Å². The quantitative estimate of drug-likeness (QED) is 0.331. The first-order chi connectivity index (χ1) is 10.9. The molecule has 3 unspecified atom stereocenters. The summed E-state index contributed by atoms with van der Waals surface area (Å²) in [5, 5.41) is 39.8. The molecule has 0 spiro atoms. The third-order valence-electron chi connectivity index (χ3n) is 4.32. The van der Waals surface area contributed by atoms with Gasteiger partial charge in [-0.2, -0.15) is 0 Å². The first-order valence-corrected chi connectivity index (χ1v) is 8.39. The van der Waals surface area contributed by atoms with Crippen molar-refractivity contribution in [3.05, 3.63) is 0 Å². The molecular formula is C16H30O7. The maximum atomic E-state index is 11.3. The number of aliphatic hydroxyl groups is 4. The molecule has 1 saturated heterocycles. The molecule has 0 radical (unpaired) electrons. The van der Waals surface area contributed by atoms with Gasteiger partial charge in [-0.1, -0.05) is 45.4 Å². The van der Waals surface area contributed by atoms with Crippen molar-refractivity contribution in [3.8, 4) is 0 Å². The summed E-state index contributed by atoms with van der Waals surface area (Å²) in [6, 6.07) is 0. The fraction of sp³-hybridized carbons (Fsp3) is 0.938. The average Bonchev–Trinajstić information content (AvgIpc) is 2.85. The summed E-state index contributed by atoms with van der Waals surface area (Å²) >= 11 is 0. The summed E-state index contributed by atoms with van der Waals surface area (Å²) < 4.78 is 9.72. The first-order valence-electron chi connectivity index (χ1n) is 8.39. The molecule has 0 aromatic carbocycles. The topological polar surface area (TPSA) is 116 Å². The Bertz CT molecular complexity index is 349. The lowest BCUT2D eigenvalue weighted by atomic mass is 9.98. The molecule has 1 aliphatic rings. The first kappa shape index (κ1) is 20.3. The minimum atomic E-state index is -1.70. The second-order valence-corrected chi connectivity index (χ2v) is 6.14. The summed E-state index contributed by atoms with van der Waals surface area (Å²) in [6.07, 6.45) is -0.942. The van der Waals surface area contributed by atoms with Crippen molar-refractivity contribution in [1.29, 1.82) is 0 Å². The van der Waals surface area contributed by atoms with Gasteiger partial charge in [-0.25, -0.2) is 4.79 Å². The largest absolute Gasteiger partial charge is 0.467 e. The van der Waals surface area contributed by atoms with Crippen LogP contribution in [0, 0.1) is 0 Å². The number of hydrogen-bond acceptors (Lipinski definition) is 7. The van der Waals surface area contributed by atoms with Gasteiger partial charge in [-0.15, -0.1) is 0 Å². The SMILES string of the molecule is CCCCCCCCC(O)[C@@H]1O[C@H]([C@H](O)C(=O)OC)C(O)C1O. The van der Waals surface area contributed by atoms with E-state index in [9.17, 15) is 25.2 Å². The van der Waals surface area contributed by atoms with Crippen molar-refractivity contribution in [2.45, 2.75) is 88.5 Å². The molecule has 1 fully saturated rings. The highest BCUT2D eigenvalue weighted by Gasteiger charge is 2.50. The van der Waals surface area contributed by atoms with Gasteiger partial charge in [0.15, 0.2) is 6.10 Å². The molecule has 0 aliphatic carbocycles. The van der Waals surface area contributed by atoms with E-state index in [1.165, 1.54) is 19.3 Å². The van der Waals surface area contributed by atoms with E-state index in [2.05, 4.69) is 11.7 Å². The second-order valence-electron chi connectivity index (χ2n) is 6.14. The Morgan fingerprint density at radius 1 is 1.04 bits per heavy atom. The van der Waals surface area contributed by atoms with E-state index in [1.54, 1.807) is 0 Å². The van der Waals surface area contributed by atoms with E-state index in [-0.39, 0.29) is 0 Å². The Balaban J connectivity index is 2.42. The smallest absolute Gasteiger partial charge is 0.337 e. The van der Waals surface area contributed by atoms with Gasteiger partial charge in [-0.3, -0.25) is 0 Å². The van der Waals surface area contributed by atoms with Crippen LogP contribution in [0.15, 0.2) is 0 Å². The molecule has 23 heavy (non-hydrogen) atoms. The Morgan fingerprint density at radius 2 is 1.61 bits per heavy atom. The van der Waals surface area contributed by atoms with Crippen LogP contribution in [0.3, 0.4) is 0 Å². The van der Waals surface area contributed by atoms with Crippen molar-refractivity contribution in [1.82, 2.24) is 0 Å². The third kappa shape index (κ3) is 5.69. The maximum Gasteiger partial charge on any atom is 0.337 e. The zero-order chi connectivity index (χ0) is 17.4. The van der Waals surface area contributed by atoms with Gasteiger partial charge in [0.25, 0.3) is 0 Å². The number of methoxy groups -OCH3 is 1. The van der Waals surface area contributed by atoms with Crippen molar-refractivity contribution in [2.75, 3.05) is 7.11 Å². The highest BCUT2D eigenvalue weighted by molar-refractivity contribution is 5.75. The molecule has 1 heterocycles. The second kappa shape index (κ2) is 10.2. The predicted octanol–water partition coefficient (Wildman–Crippen LogP) is 0.121. The van der Waals surface area contributed by atoms with Gasteiger partial charge in [0.05, 0.1) is 13.2 Å². The molecule has 6 atom stereocenters. The summed E-state index contributed by atoms with van der Waals surface area (Å²) in [5.74, 6) is -0.952. The van der Waals surface area contributed by atoms with Crippen LogP contribution < -0.4 is 0 Å². The zero-order valence-electron chi connectivity index (χ0n) is 13.9. The third-order valence-corrected chi connectivity index (χ3v) is 4.32. The number of ether oxygens (including phenoxy) is 2. The highest BCUT2D eigenvalue weighted by Crippen LogP contribution is 2.28. The van der Waals surface area contributed by atoms with E-state index in [0.29, 0.717) is 6.42 Å². The molecule has 0 amide bonds. The van der Waals surface area contributed by atoms with Crippen molar-refractivity contribution >= 4 is 5.97 Å². The Kier molecular flexibility index (Phi) is 9.01. The van der Waals surface area contributed by atoms with Crippen molar-refractivity contribution < 1.29 is 34.7 Å². The van der Waals surface area contributed by atoms with Gasteiger partial charge in [-0.05, 0) is 6.42 Å². The van der Waals surface area contributed by atoms with E-state index >= 15 is 0 Å². The number of rotatable bonds is 10. The van der Waals surface area contributed by atoms with Crippen LogP contribution in [0.25, 0.3) is 0 Å². The van der Waals surface area contributed by atoms with Crippen LogP contribution in [0.4, 0.5) is 0 Å². The number of carbonyl (C=O) groups excluding carboxylic acids is 1. The predicted molar refractivity (Wildman–Crippen MR) is 82.7 cm³/mol. The summed E-state index contributed by atoms with van der Waals surface area (Å²) in [7, 11) is 1.11. The Hall–Kier alpha value is -0.730. The normalized spacial score (nSPS) is 30.2. The molecule has 7 nitrogen and oxygen atoms in total. The maximum absolute atomic E-state index is 11.3. The van der Waals surface area contributed by atoms with Crippen LogP contribution >= 0.6 is 0 Å². The van der Waals surface area contributed by atoms with Crippen LogP contribution in [0.1, 0.15) is 51.9 Å². The molecule has 7 heteroatoms. The number of carbonyl (C=O) groups is 1. The summed E-state index contributed by atoms with van der Waals surface area (Å²) in [6.45, 7) is 2.15. The monoisotopic (exact) mass is 334 g/mol. The minimum absolute atomic E-state index is 0.432. The van der Waals surface area contributed by atoms with Gasteiger partial charge in [0.1, 0.15) is 24.4 Å². The standard InChI is InChI=1S/C16H30O7/c1-3-4-5-6-7-8-9-10(17)14-11(18)12(19)15(23-14)13(20)16(21)22-2/h10-15,17-20H,3-9H2,1-2H3/t10?,11?,12?,13-,14-,15-/m0/s1. The zero-order valence-corrected chi connectivity index (χ0v) is 13.9. The lowest BCUT2D eigenvalue weighted by Gasteiger charge is -2.21. The molecule has 4 N–H and O–H groups in total. The van der Waals surface area contributed by atoms with E-state index in [4.69, 9.17) is 4.74 Å². The van der Waals surface area contributed by atoms with Gasteiger partial charge in [0.2, 0.25) is 0 Å². The lowest BCUT2D eigenvalue weighted by Crippen LogP contribution is -2.43. The average molecular weight is 334 g/mol. The number of unbranched alkanes of at least 4 members (excludes halogenated alkanes) is 5. The Morgan fingerprint density at radius 3 is 2.22 bits per heavy atom. The van der Waals surface area contributed by atoms with Crippen LogP contribution in [-0.2, 0) is 14.3 Å².